The van der Waals surface area contributed by atoms with Crippen LogP contribution in [0.3, 0.4) is 0 Å². The van der Waals surface area contributed by atoms with Crippen LogP contribution in [0.5, 0.6) is 0 Å². The van der Waals surface area contributed by atoms with Crippen LogP contribution >= 0.6 is 11.8 Å². The zero-order valence-corrected chi connectivity index (χ0v) is 12.6. The minimum absolute atomic E-state index is 0.0730. The fourth-order valence-electron chi connectivity index (χ4n) is 2.48. The molecule has 1 aromatic carbocycles. The maximum absolute atomic E-state index is 13.8. The maximum Gasteiger partial charge on any atom is 0.233 e. The van der Waals surface area contributed by atoms with Crippen LogP contribution in [0.25, 0.3) is 0 Å². The SMILES string of the molecule is O=C(CSc1ccncc1)N1CCc2c(F)ccc(F)c2C1. The van der Waals surface area contributed by atoms with E-state index in [0.29, 0.717) is 24.1 Å². The van der Waals surface area contributed by atoms with Gasteiger partial charge in [-0.2, -0.15) is 0 Å². The molecule has 1 aliphatic rings. The highest BCUT2D eigenvalue weighted by molar-refractivity contribution is 8.00. The Morgan fingerprint density at radius 1 is 1.14 bits per heavy atom. The van der Waals surface area contributed by atoms with Crippen molar-refractivity contribution in [3.05, 3.63) is 59.4 Å². The van der Waals surface area contributed by atoms with Crippen LogP contribution in [-0.2, 0) is 17.8 Å². The quantitative estimate of drug-likeness (QED) is 0.815. The molecule has 1 aromatic heterocycles. The maximum atomic E-state index is 13.8. The van der Waals surface area contributed by atoms with E-state index in [1.165, 1.54) is 11.8 Å². The van der Waals surface area contributed by atoms with Crippen molar-refractivity contribution < 1.29 is 13.6 Å². The molecule has 0 radical (unpaired) electrons. The number of carbonyl (C=O) groups excluding carboxylic acids is 1. The van der Waals surface area contributed by atoms with Gasteiger partial charge in [-0.1, -0.05) is 0 Å². The zero-order chi connectivity index (χ0) is 15.5. The molecule has 0 unspecified atom stereocenters. The Morgan fingerprint density at radius 3 is 2.55 bits per heavy atom. The van der Waals surface area contributed by atoms with E-state index in [2.05, 4.69) is 4.98 Å². The number of hydrogen-bond donors (Lipinski definition) is 0. The first-order chi connectivity index (χ1) is 10.6. The Balaban J connectivity index is 1.67. The standard InChI is InChI=1S/C16H14F2N2OS/c17-14-1-2-15(18)13-9-20(8-5-12(13)14)16(21)10-22-11-3-6-19-7-4-11/h1-4,6-7H,5,8-10H2. The molecule has 0 atom stereocenters. The van der Waals surface area contributed by atoms with E-state index in [9.17, 15) is 13.6 Å². The van der Waals surface area contributed by atoms with Gasteiger partial charge in [0.1, 0.15) is 11.6 Å². The fourth-order valence-corrected chi connectivity index (χ4v) is 3.26. The van der Waals surface area contributed by atoms with Crippen molar-refractivity contribution >= 4 is 17.7 Å². The molecular weight excluding hydrogens is 306 g/mol. The molecule has 3 rings (SSSR count). The number of hydrogen-bond acceptors (Lipinski definition) is 3. The lowest BCUT2D eigenvalue weighted by Gasteiger charge is -2.29. The van der Waals surface area contributed by atoms with Crippen LogP contribution in [0, 0.1) is 11.6 Å². The van der Waals surface area contributed by atoms with Crippen molar-refractivity contribution in [1.82, 2.24) is 9.88 Å². The molecule has 2 heterocycles. The Hall–Kier alpha value is -1.95. The Labute approximate surface area is 131 Å². The Morgan fingerprint density at radius 2 is 1.82 bits per heavy atom. The summed E-state index contributed by atoms with van der Waals surface area (Å²) in [6.07, 6.45) is 3.69. The first kappa shape index (κ1) is 15.0. The minimum Gasteiger partial charge on any atom is -0.337 e. The van der Waals surface area contributed by atoms with Crippen LogP contribution in [0.15, 0.2) is 41.6 Å². The van der Waals surface area contributed by atoms with E-state index in [-0.39, 0.29) is 18.2 Å². The molecule has 22 heavy (non-hydrogen) atoms. The van der Waals surface area contributed by atoms with E-state index >= 15 is 0 Å². The van der Waals surface area contributed by atoms with Gasteiger partial charge in [-0.15, -0.1) is 11.8 Å². The number of rotatable bonds is 3. The number of benzene rings is 1. The van der Waals surface area contributed by atoms with Crippen molar-refractivity contribution in [2.75, 3.05) is 12.3 Å². The van der Waals surface area contributed by atoms with E-state index in [0.717, 1.165) is 17.0 Å². The third-order valence-electron chi connectivity index (χ3n) is 3.66. The van der Waals surface area contributed by atoms with Gasteiger partial charge in [0.2, 0.25) is 5.91 Å². The summed E-state index contributed by atoms with van der Waals surface area (Å²) < 4.78 is 27.5. The highest BCUT2D eigenvalue weighted by Gasteiger charge is 2.25. The molecule has 0 N–H and O–H groups in total. The van der Waals surface area contributed by atoms with Gasteiger partial charge in [0.25, 0.3) is 0 Å². The molecule has 1 amide bonds. The molecule has 0 fully saturated rings. The average molecular weight is 320 g/mol. The smallest absolute Gasteiger partial charge is 0.233 e. The lowest BCUT2D eigenvalue weighted by atomic mass is 9.98. The monoisotopic (exact) mass is 320 g/mol. The summed E-state index contributed by atoms with van der Waals surface area (Å²) in [5, 5.41) is 0. The van der Waals surface area contributed by atoms with Gasteiger partial charge in [-0.05, 0) is 36.2 Å². The van der Waals surface area contributed by atoms with Crippen LogP contribution in [0.2, 0.25) is 0 Å². The van der Waals surface area contributed by atoms with Gasteiger partial charge >= 0.3 is 0 Å². The summed E-state index contributed by atoms with van der Waals surface area (Å²) in [6.45, 7) is 0.553. The molecule has 0 saturated carbocycles. The summed E-state index contributed by atoms with van der Waals surface area (Å²) in [6, 6.07) is 5.93. The van der Waals surface area contributed by atoms with Gasteiger partial charge in [-0.3, -0.25) is 9.78 Å². The predicted molar refractivity (Wildman–Crippen MR) is 80.4 cm³/mol. The van der Waals surface area contributed by atoms with Crippen LogP contribution in [-0.4, -0.2) is 28.1 Å². The van der Waals surface area contributed by atoms with Crippen molar-refractivity contribution in [2.24, 2.45) is 0 Å². The lowest BCUT2D eigenvalue weighted by Crippen LogP contribution is -2.37. The summed E-state index contributed by atoms with van der Waals surface area (Å²) in [5.41, 5.74) is 0.694. The number of nitrogens with zero attached hydrogens (tertiary/aromatic N) is 2. The molecule has 3 nitrogen and oxygen atoms in total. The van der Waals surface area contributed by atoms with E-state index in [4.69, 9.17) is 0 Å². The van der Waals surface area contributed by atoms with Gasteiger partial charge in [0.15, 0.2) is 0 Å². The molecule has 0 aliphatic carbocycles. The number of carbonyl (C=O) groups is 1. The van der Waals surface area contributed by atoms with Crippen LogP contribution < -0.4 is 0 Å². The zero-order valence-electron chi connectivity index (χ0n) is 11.8. The normalized spacial score (nSPS) is 13.8. The second-order valence-electron chi connectivity index (χ2n) is 5.02. The molecule has 0 spiro atoms. The molecule has 114 valence electrons. The first-order valence-electron chi connectivity index (χ1n) is 6.91. The molecule has 0 saturated heterocycles. The number of pyridine rings is 1. The van der Waals surface area contributed by atoms with E-state index in [1.807, 2.05) is 12.1 Å². The van der Waals surface area contributed by atoms with E-state index < -0.39 is 11.6 Å². The molecule has 0 bridgehead atoms. The topological polar surface area (TPSA) is 33.2 Å². The second kappa shape index (κ2) is 6.44. The number of fused-ring (bicyclic) bond motifs is 1. The largest absolute Gasteiger partial charge is 0.337 e. The Kier molecular flexibility index (Phi) is 4.38. The number of thioether (sulfide) groups is 1. The van der Waals surface area contributed by atoms with Crippen molar-refractivity contribution in [1.29, 1.82) is 0 Å². The highest BCUT2D eigenvalue weighted by atomic mass is 32.2. The third-order valence-corrected chi connectivity index (χ3v) is 4.66. The van der Waals surface area contributed by atoms with Crippen molar-refractivity contribution in [3.8, 4) is 0 Å². The van der Waals surface area contributed by atoms with Crippen molar-refractivity contribution in [3.63, 3.8) is 0 Å². The Bertz CT molecular complexity index is 694. The first-order valence-corrected chi connectivity index (χ1v) is 7.90. The van der Waals surface area contributed by atoms with Crippen LogP contribution in [0.1, 0.15) is 11.1 Å². The van der Waals surface area contributed by atoms with E-state index in [1.54, 1.807) is 17.3 Å². The fraction of sp³-hybridized carbons (Fsp3) is 0.250. The molecule has 6 heteroatoms. The van der Waals surface area contributed by atoms with Gasteiger partial charge in [-0.25, -0.2) is 8.78 Å². The number of amides is 1. The molecule has 2 aromatic rings. The highest BCUT2D eigenvalue weighted by Crippen LogP contribution is 2.25. The van der Waals surface area contributed by atoms with Crippen LogP contribution in [0.4, 0.5) is 8.78 Å². The summed E-state index contributed by atoms with van der Waals surface area (Å²) in [7, 11) is 0. The van der Waals surface area contributed by atoms with Gasteiger partial charge in [0.05, 0.1) is 5.75 Å². The molecular formula is C16H14F2N2OS. The predicted octanol–water partition coefficient (Wildman–Crippen LogP) is 3.04. The number of halogens is 2. The third kappa shape index (κ3) is 3.11. The summed E-state index contributed by atoms with van der Waals surface area (Å²) in [5.74, 6) is -0.641. The lowest BCUT2D eigenvalue weighted by molar-refractivity contribution is -0.129. The second-order valence-corrected chi connectivity index (χ2v) is 6.07. The number of aromatic nitrogens is 1. The summed E-state index contributed by atoms with van der Waals surface area (Å²) >= 11 is 1.41. The minimum atomic E-state index is -0.448. The van der Waals surface area contributed by atoms with Gasteiger partial charge < -0.3 is 4.90 Å². The van der Waals surface area contributed by atoms with Crippen molar-refractivity contribution in [2.45, 2.75) is 17.9 Å². The molecule has 1 aliphatic heterocycles. The van der Waals surface area contributed by atoms with Gasteiger partial charge in [0, 0.05) is 35.9 Å². The average Bonchev–Trinajstić information content (AvgIpc) is 2.57. The summed E-state index contributed by atoms with van der Waals surface area (Å²) in [4.78, 5) is 18.7.